The molecular weight excluding hydrogens is 365 g/mol. The van der Waals surface area contributed by atoms with Crippen LogP contribution in [-0.4, -0.2) is 38.1 Å². The van der Waals surface area contributed by atoms with Gasteiger partial charge >= 0.3 is 0 Å². The zero-order chi connectivity index (χ0) is 14.5. The van der Waals surface area contributed by atoms with E-state index in [0.717, 1.165) is 34.1 Å². The minimum Gasteiger partial charge on any atom is -0.383 e. The summed E-state index contributed by atoms with van der Waals surface area (Å²) in [5.74, 6) is 0.573. The average molecular weight is 385 g/mol. The molecule has 3 heterocycles. The Kier molecular flexibility index (Phi) is 3.40. The first kappa shape index (κ1) is 14.1. The molecule has 20 heavy (non-hydrogen) atoms. The third-order valence-electron chi connectivity index (χ3n) is 4.10. The molecule has 2 aromatic rings. The van der Waals surface area contributed by atoms with Gasteiger partial charge in [-0.05, 0) is 49.8 Å². The van der Waals surface area contributed by atoms with E-state index >= 15 is 0 Å². The van der Waals surface area contributed by atoms with E-state index in [-0.39, 0.29) is 5.54 Å². The standard InChI is InChI=1S/C14H20IN5/c1-14(2,3)19-5-4-9(6-19)20-7-10(15)11-12(16)17-8-18-13(11)20/h7-9H,4-6H2,1-3H3,(H2,16,17,18). The quantitative estimate of drug-likeness (QED) is 0.767. The second-order valence-corrected chi connectivity index (χ2v) is 7.56. The van der Waals surface area contributed by atoms with Crippen LogP contribution in [0.5, 0.6) is 0 Å². The van der Waals surface area contributed by atoms with Crippen LogP contribution >= 0.6 is 22.6 Å². The predicted molar refractivity (Wildman–Crippen MR) is 89.6 cm³/mol. The van der Waals surface area contributed by atoms with Crippen LogP contribution in [0, 0.1) is 3.57 Å². The minimum atomic E-state index is 0.221. The highest BCUT2D eigenvalue weighted by atomic mass is 127. The Morgan fingerprint density at radius 3 is 2.75 bits per heavy atom. The molecule has 1 aliphatic heterocycles. The van der Waals surface area contributed by atoms with Crippen molar-refractivity contribution in [2.75, 3.05) is 18.8 Å². The lowest BCUT2D eigenvalue weighted by atomic mass is 10.1. The number of hydrogen-bond acceptors (Lipinski definition) is 4. The summed E-state index contributed by atoms with van der Waals surface area (Å²) in [5.41, 5.74) is 7.17. The number of hydrogen-bond donors (Lipinski definition) is 1. The van der Waals surface area contributed by atoms with Crippen molar-refractivity contribution >= 4 is 39.4 Å². The topological polar surface area (TPSA) is 60.0 Å². The maximum Gasteiger partial charge on any atom is 0.146 e. The Balaban J connectivity index is 1.99. The summed E-state index contributed by atoms with van der Waals surface area (Å²) >= 11 is 2.32. The molecule has 5 nitrogen and oxygen atoms in total. The SMILES string of the molecule is CC(C)(C)N1CCC(n2cc(I)c3c(N)ncnc32)C1. The number of rotatable bonds is 1. The lowest BCUT2D eigenvalue weighted by Gasteiger charge is -2.31. The molecule has 1 unspecified atom stereocenters. The summed E-state index contributed by atoms with van der Waals surface area (Å²) in [4.78, 5) is 11.1. The van der Waals surface area contributed by atoms with Crippen LogP contribution < -0.4 is 5.73 Å². The number of aromatic nitrogens is 3. The van der Waals surface area contributed by atoms with Crippen molar-refractivity contribution in [3.05, 3.63) is 16.1 Å². The first-order valence-corrected chi connectivity index (χ1v) is 7.97. The van der Waals surface area contributed by atoms with Crippen molar-refractivity contribution in [1.82, 2.24) is 19.4 Å². The lowest BCUT2D eigenvalue weighted by molar-refractivity contribution is 0.169. The fourth-order valence-corrected chi connectivity index (χ4v) is 3.74. The number of nitrogens with zero attached hydrogens (tertiary/aromatic N) is 4. The number of likely N-dealkylation sites (tertiary alicyclic amines) is 1. The van der Waals surface area contributed by atoms with Gasteiger partial charge in [-0.25, -0.2) is 9.97 Å². The third-order valence-corrected chi connectivity index (χ3v) is 4.92. The van der Waals surface area contributed by atoms with E-state index in [1.54, 1.807) is 6.33 Å². The number of nitrogen functional groups attached to an aromatic ring is 1. The number of nitrogens with two attached hydrogens (primary N) is 1. The Bertz CT molecular complexity index is 643. The van der Waals surface area contributed by atoms with Gasteiger partial charge in [-0.15, -0.1) is 0 Å². The molecule has 1 aliphatic rings. The van der Waals surface area contributed by atoms with Gasteiger partial charge in [-0.2, -0.15) is 0 Å². The van der Waals surface area contributed by atoms with Crippen molar-refractivity contribution in [3.8, 4) is 0 Å². The number of anilines is 1. The predicted octanol–water partition coefficient (Wildman–Crippen LogP) is 2.66. The van der Waals surface area contributed by atoms with Crippen molar-refractivity contribution in [2.45, 2.75) is 38.8 Å². The molecule has 1 fully saturated rings. The second-order valence-electron chi connectivity index (χ2n) is 6.40. The fraction of sp³-hybridized carbons (Fsp3) is 0.571. The Hall–Kier alpha value is -0.890. The minimum absolute atomic E-state index is 0.221. The summed E-state index contributed by atoms with van der Waals surface area (Å²) < 4.78 is 3.41. The van der Waals surface area contributed by atoms with Gasteiger partial charge in [0.25, 0.3) is 0 Å². The molecule has 2 aromatic heterocycles. The molecule has 0 aromatic carbocycles. The zero-order valence-electron chi connectivity index (χ0n) is 12.1. The molecule has 0 spiro atoms. The van der Waals surface area contributed by atoms with Crippen LogP contribution in [0.2, 0.25) is 0 Å². The monoisotopic (exact) mass is 385 g/mol. The van der Waals surface area contributed by atoms with Crippen LogP contribution in [0.4, 0.5) is 5.82 Å². The average Bonchev–Trinajstić information content (AvgIpc) is 2.94. The van der Waals surface area contributed by atoms with E-state index in [0.29, 0.717) is 11.9 Å². The van der Waals surface area contributed by atoms with E-state index in [2.05, 4.69) is 69.0 Å². The van der Waals surface area contributed by atoms with E-state index in [1.807, 2.05) is 0 Å². The van der Waals surface area contributed by atoms with Gasteiger partial charge in [0.2, 0.25) is 0 Å². The van der Waals surface area contributed by atoms with Gasteiger partial charge in [-0.3, -0.25) is 4.90 Å². The van der Waals surface area contributed by atoms with Crippen LogP contribution in [0.15, 0.2) is 12.5 Å². The molecule has 0 aliphatic carbocycles. The van der Waals surface area contributed by atoms with Crippen LogP contribution in [0.3, 0.4) is 0 Å². The molecule has 2 N–H and O–H groups in total. The summed E-state index contributed by atoms with van der Waals surface area (Å²) in [7, 11) is 0. The van der Waals surface area contributed by atoms with Crippen LogP contribution in [-0.2, 0) is 0 Å². The molecule has 108 valence electrons. The first-order valence-electron chi connectivity index (χ1n) is 6.89. The lowest BCUT2D eigenvalue weighted by Crippen LogP contribution is -2.39. The maximum absolute atomic E-state index is 5.99. The van der Waals surface area contributed by atoms with Crippen molar-refractivity contribution in [1.29, 1.82) is 0 Å². The first-order chi connectivity index (χ1) is 9.38. The number of fused-ring (bicyclic) bond motifs is 1. The van der Waals surface area contributed by atoms with Gasteiger partial charge in [0.1, 0.15) is 17.8 Å². The van der Waals surface area contributed by atoms with Crippen LogP contribution in [0.1, 0.15) is 33.2 Å². The van der Waals surface area contributed by atoms with Gasteiger partial charge in [0.05, 0.1) is 5.39 Å². The second kappa shape index (κ2) is 4.84. The number of halogens is 1. The van der Waals surface area contributed by atoms with E-state index in [4.69, 9.17) is 5.73 Å². The highest BCUT2D eigenvalue weighted by molar-refractivity contribution is 14.1. The highest BCUT2D eigenvalue weighted by Crippen LogP contribution is 2.33. The zero-order valence-corrected chi connectivity index (χ0v) is 14.3. The van der Waals surface area contributed by atoms with Gasteiger partial charge in [0.15, 0.2) is 0 Å². The molecule has 1 atom stereocenters. The molecule has 0 amide bonds. The van der Waals surface area contributed by atoms with Crippen LogP contribution in [0.25, 0.3) is 11.0 Å². The molecule has 0 saturated carbocycles. The Morgan fingerprint density at radius 2 is 2.10 bits per heavy atom. The molecule has 1 saturated heterocycles. The molecule has 3 rings (SSSR count). The van der Waals surface area contributed by atoms with E-state index < -0.39 is 0 Å². The van der Waals surface area contributed by atoms with Crippen molar-refractivity contribution in [2.24, 2.45) is 0 Å². The van der Waals surface area contributed by atoms with Gasteiger partial charge < -0.3 is 10.3 Å². The van der Waals surface area contributed by atoms with Crippen molar-refractivity contribution in [3.63, 3.8) is 0 Å². The Morgan fingerprint density at radius 1 is 1.35 bits per heavy atom. The molecular formula is C14H20IN5. The van der Waals surface area contributed by atoms with Gasteiger partial charge in [-0.1, -0.05) is 0 Å². The maximum atomic E-state index is 5.99. The van der Waals surface area contributed by atoms with Gasteiger partial charge in [0, 0.05) is 34.4 Å². The summed E-state index contributed by atoms with van der Waals surface area (Å²) in [6.45, 7) is 9.01. The van der Waals surface area contributed by atoms with E-state index in [1.165, 1.54) is 0 Å². The summed E-state index contributed by atoms with van der Waals surface area (Å²) in [5, 5.41) is 0.988. The summed E-state index contributed by atoms with van der Waals surface area (Å²) in [6, 6.07) is 0.467. The molecule has 0 bridgehead atoms. The Labute approximate surface area is 132 Å². The molecule has 6 heteroatoms. The smallest absolute Gasteiger partial charge is 0.146 e. The van der Waals surface area contributed by atoms with E-state index in [9.17, 15) is 0 Å². The van der Waals surface area contributed by atoms with Crippen molar-refractivity contribution < 1.29 is 0 Å². The summed E-state index contributed by atoms with van der Waals surface area (Å²) in [6.07, 6.45) is 4.87. The fourth-order valence-electron chi connectivity index (χ4n) is 2.92. The highest BCUT2D eigenvalue weighted by Gasteiger charge is 2.32. The third kappa shape index (κ3) is 2.28. The normalized spacial score (nSPS) is 20.9. The molecule has 0 radical (unpaired) electrons. The largest absolute Gasteiger partial charge is 0.383 e.